The first-order chi connectivity index (χ1) is 36.2. The maximum atomic E-state index is 2.47. The van der Waals surface area contributed by atoms with E-state index in [9.17, 15) is 0 Å². The molecule has 1 aliphatic carbocycles. The third-order valence-corrected chi connectivity index (χ3v) is 15.3. The molecule has 0 aliphatic heterocycles. The van der Waals surface area contributed by atoms with Crippen LogP contribution in [0, 0.1) is 0 Å². The van der Waals surface area contributed by atoms with Gasteiger partial charge in [0.05, 0.1) is 22.1 Å². The van der Waals surface area contributed by atoms with Crippen molar-refractivity contribution in [3.8, 4) is 50.2 Å². The molecule has 12 aromatic carbocycles. The number of hydrogen-bond donors (Lipinski definition) is 0. The number of rotatable bonds is 9. The van der Waals surface area contributed by atoms with Gasteiger partial charge in [0.25, 0.3) is 0 Å². The largest absolute Gasteiger partial charge is 0.310 e. The summed E-state index contributed by atoms with van der Waals surface area (Å²) >= 11 is 0. The van der Waals surface area contributed by atoms with Crippen molar-refractivity contribution in [2.24, 2.45) is 0 Å². The summed E-state index contributed by atoms with van der Waals surface area (Å²) in [6.07, 6.45) is 0. The molecular formula is C71H48N2. The molecule has 1 aromatic heterocycles. The fourth-order valence-electron chi connectivity index (χ4n) is 11.9. The Balaban J connectivity index is 0.849. The van der Waals surface area contributed by atoms with Crippen molar-refractivity contribution in [3.05, 3.63) is 313 Å². The standard InChI is InChI=1S/C71H48N2/c1-4-18-49(19-5-1)50-38-41-58(42-39-50)72(68-33-17-21-53-20-10-11-28-61(53)68)59-27-16-22-54(46-59)51-34-36-52(37-35-51)55-40-44-64-63-30-13-15-32-69(63)73(70(64)47-55)60-43-45-67-65(48-60)62-29-12-14-31-66(62)71(67,56-23-6-2-7-24-56)57-25-8-3-9-26-57/h1-48H. The number of fused-ring (bicyclic) bond motifs is 7. The van der Waals surface area contributed by atoms with Gasteiger partial charge in [0.15, 0.2) is 0 Å². The molecule has 0 saturated carbocycles. The second-order valence-electron chi connectivity index (χ2n) is 19.2. The first kappa shape index (κ1) is 42.4. The van der Waals surface area contributed by atoms with E-state index in [-0.39, 0.29) is 0 Å². The highest BCUT2D eigenvalue weighted by molar-refractivity contribution is 6.10. The molecule has 342 valence electrons. The van der Waals surface area contributed by atoms with Crippen LogP contribution in [-0.4, -0.2) is 4.57 Å². The predicted molar refractivity (Wildman–Crippen MR) is 307 cm³/mol. The summed E-state index contributed by atoms with van der Waals surface area (Å²) in [5.41, 5.74) is 21.2. The Morgan fingerprint density at radius 1 is 0.288 bits per heavy atom. The molecule has 0 N–H and O–H groups in total. The van der Waals surface area contributed by atoms with Crippen molar-refractivity contribution < 1.29 is 0 Å². The van der Waals surface area contributed by atoms with Gasteiger partial charge in [0.1, 0.15) is 0 Å². The van der Waals surface area contributed by atoms with Crippen molar-refractivity contribution in [1.82, 2.24) is 4.57 Å². The topological polar surface area (TPSA) is 8.17 Å². The molecule has 0 bridgehead atoms. The summed E-state index contributed by atoms with van der Waals surface area (Å²) in [4.78, 5) is 2.39. The number of para-hydroxylation sites is 1. The van der Waals surface area contributed by atoms with E-state index in [1.807, 2.05) is 0 Å². The summed E-state index contributed by atoms with van der Waals surface area (Å²) in [6.45, 7) is 0. The fourth-order valence-corrected chi connectivity index (χ4v) is 11.9. The van der Waals surface area contributed by atoms with Gasteiger partial charge in [-0.2, -0.15) is 0 Å². The molecule has 0 spiro atoms. The smallest absolute Gasteiger partial charge is 0.0713 e. The molecule has 1 heterocycles. The van der Waals surface area contributed by atoms with Crippen LogP contribution in [0.1, 0.15) is 22.3 Å². The third kappa shape index (κ3) is 6.94. The van der Waals surface area contributed by atoms with Gasteiger partial charge in [-0.1, -0.05) is 237 Å². The lowest BCUT2D eigenvalue weighted by atomic mass is 9.68. The molecule has 2 heteroatoms. The summed E-state index contributed by atoms with van der Waals surface area (Å²) in [5.74, 6) is 0. The van der Waals surface area contributed by atoms with Gasteiger partial charge >= 0.3 is 0 Å². The average molecular weight is 929 g/mol. The van der Waals surface area contributed by atoms with Crippen LogP contribution in [0.5, 0.6) is 0 Å². The molecule has 73 heavy (non-hydrogen) atoms. The zero-order chi connectivity index (χ0) is 48.3. The number of benzene rings is 12. The van der Waals surface area contributed by atoms with Gasteiger partial charge in [-0.05, 0) is 127 Å². The Labute approximate surface area is 426 Å². The van der Waals surface area contributed by atoms with Crippen LogP contribution in [0.3, 0.4) is 0 Å². The highest BCUT2D eigenvalue weighted by atomic mass is 15.1. The average Bonchev–Trinajstić information content (AvgIpc) is 3.97. The summed E-state index contributed by atoms with van der Waals surface area (Å²) in [6, 6.07) is 107. The maximum absolute atomic E-state index is 2.47. The summed E-state index contributed by atoms with van der Waals surface area (Å²) < 4.78 is 2.47. The molecule has 0 saturated heterocycles. The predicted octanol–water partition coefficient (Wildman–Crippen LogP) is 18.8. The van der Waals surface area contributed by atoms with E-state index in [1.54, 1.807) is 0 Å². The van der Waals surface area contributed by atoms with Crippen molar-refractivity contribution in [2.75, 3.05) is 4.90 Å². The first-order valence-electron chi connectivity index (χ1n) is 25.2. The Bertz CT molecular complexity index is 4130. The van der Waals surface area contributed by atoms with E-state index in [2.05, 4.69) is 301 Å². The second-order valence-corrected chi connectivity index (χ2v) is 19.2. The van der Waals surface area contributed by atoms with Gasteiger partial charge < -0.3 is 9.47 Å². The van der Waals surface area contributed by atoms with Crippen molar-refractivity contribution in [1.29, 1.82) is 0 Å². The van der Waals surface area contributed by atoms with Crippen LogP contribution in [-0.2, 0) is 5.41 Å². The van der Waals surface area contributed by atoms with E-state index < -0.39 is 5.41 Å². The van der Waals surface area contributed by atoms with Gasteiger partial charge in [-0.25, -0.2) is 0 Å². The Morgan fingerprint density at radius 3 is 1.56 bits per heavy atom. The highest BCUT2D eigenvalue weighted by Gasteiger charge is 2.46. The number of anilines is 3. The van der Waals surface area contributed by atoms with Gasteiger partial charge in [-0.15, -0.1) is 0 Å². The molecule has 0 atom stereocenters. The van der Waals surface area contributed by atoms with E-state index in [1.165, 1.54) is 93.8 Å². The van der Waals surface area contributed by atoms with Crippen molar-refractivity contribution in [2.45, 2.75) is 5.41 Å². The van der Waals surface area contributed by atoms with Crippen molar-refractivity contribution >= 4 is 49.6 Å². The first-order valence-corrected chi connectivity index (χ1v) is 25.2. The summed E-state index contributed by atoms with van der Waals surface area (Å²) in [7, 11) is 0. The zero-order valence-corrected chi connectivity index (χ0v) is 40.1. The van der Waals surface area contributed by atoms with Gasteiger partial charge in [0, 0.05) is 33.2 Å². The lowest BCUT2D eigenvalue weighted by Crippen LogP contribution is -2.28. The minimum absolute atomic E-state index is 0.445. The minimum atomic E-state index is -0.445. The lowest BCUT2D eigenvalue weighted by molar-refractivity contribution is 0.768. The lowest BCUT2D eigenvalue weighted by Gasteiger charge is -2.33. The van der Waals surface area contributed by atoms with Crippen LogP contribution in [0.4, 0.5) is 17.1 Å². The molecule has 0 amide bonds. The van der Waals surface area contributed by atoms with Gasteiger partial charge in [0.2, 0.25) is 0 Å². The molecular weight excluding hydrogens is 881 g/mol. The molecule has 0 radical (unpaired) electrons. The molecule has 2 nitrogen and oxygen atoms in total. The Hall–Kier alpha value is -9.50. The zero-order valence-electron chi connectivity index (χ0n) is 40.1. The summed E-state index contributed by atoms with van der Waals surface area (Å²) in [5, 5.41) is 4.90. The van der Waals surface area contributed by atoms with E-state index in [0.717, 1.165) is 28.3 Å². The molecule has 0 unspecified atom stereocenters. The molecule has 14 rings (SSSR count). The van der Waals surface area contributed by atoms with E-state index in [0.29, 0.717) is 0 Å². The minimum Gasteiger partial charge on any atom is -0.310 e. The van der Waals surface area contributed by atoms with Gasteiger partial charge in [-0.3, -0.25) is 0 Å². The second kappa shape index (κ2) is 17.4. The number of nitrogens with zero attached hydrogens (tertiary/aromatic N) is 2. The molecule has 13 aromatic rings. The highest BCUT2D eigenvalue weighted by Crippen LogP contribution is 2.56. The normalized spacial score (nSPS) is 12.5. The Kier molecular flexibility index (Phi) is 10.1. The van der Waals surface area contributed by atoms with E-state index >= 15 is 0 Å². The van der Waals surface area contributed by atoms with Crippen LogP contribution >= 0.6 is 0 Å². The maximum Gasteiger partial charge on any atom is 0.0713 e. The van der Waals surface area contributed by atoms with Crippen LogP contribution in [0.2, 0.25) is 0 Å². The van der Waals surface area contributed by atoms with Crippen molar-refractivity contribution in [3.63, 3.8) is 0 Å². The monoisotopic (exact) mass is 928 g/mol. The molecule has 0 fully saturated rings. The Morgan fingerprint density at radius 2 is 0.808 bits per heavy atom. The van der Waals surface area contributed by atoms with Crippen LogP contribution < -0.4 is 4.90 Å². The fraction of sp³-hybridized carbons (Fsp3) is 0.0141. The quantitative estimate of drug-likeness (QED) is 0.140. The number of aromatic nitrogens is 1. The number of hydrogen-bond acceptors (Lipinski definition) is 1. The third-order valence-electron chi connectivity index (χ3n) is 15.3. The molecule has 1 aliphatic rings. The van der Waals surface area contributed by atoms with E-state index in [4.69, 9.17) is 0 Å². The SMILES string of the molecule is c1ccc(-c2ccc(N(c3cccc(-c4ccc(-c5ccc6c7ccccc7n(-c7ccc8c(c7)-c7ccccc7C8(c7ccccc7)c7ccccc7)c6c5)cc4)c3)c3cccc4ccccc34)cc2)cc1. The van der Waals surface area contributed by atoms with Crippen LogP contribution in [0.25, 0.3) is 82.8 Å². The van der Waals surface area contributed by atoms with Crippen LogP contribution in [0.15, 0.2) is 291 Å².